The highest BCUT2D eigenvalue weighted by Gasteiger charge is 2.21. The molecule has 3 aromatic rings. The Kier molecular flexibility index (Phi) is 7.34. The van der Waals surface area contributed by atoms with Gasteiger partial charge in [-0.15, -0.1) is 23.1 Å². The molecule has 2 aliphatic rings. The number of likely N-dealkylation sites (N-methyl/N-ethyl adjacent to an activating group) is 1. The molecule has 1 aromatic carbocycles. The van der Waals surface area contributed by atoms with E-state index in [1.54, 1.807) is 11.3 Å². The molecule has 34 heavy (non-hydrogen) atoms. The molecule has 180 valence electrons. The third-order valence-electron chi connectivity index (χ3n) is 6.58. The molecule has 0 spiro atoms. The fourth-order valence-corrected chi connectivity index (χ4v) is 6.71. The average Bonchev–Trinajstić information content (AvgIpc) is 3.41. The molecular formula is C25H31N5O2S2. The maximum absolute atomic E-state index is 12.6. The summed E-state index contributed by atoms with van der Waals surface area (Å²) in [6, 6.07) is 8.48. The van der Waals surface area contributed by atoms with E-state index >= 15 is 0 Å². The zero-order chi connectivity index (χ0) is 23.5. The Bertz CT molecular complexity index is 1230. The SMILES string of the molecule is CN1CCN(Cc2cccc(CNC(=O)CSCc3nc4sc5c(c4c(=O)[nH]3)CCC5)c2)CC1. The Morgan fingerprint density at radius 1 is 1.21 bits per heavy atom. The number of thioether (sulfide) groups is 1. The van der Waals surface area contributed by atoms with Crippen LogP contribution in [-0.4, -0.2) is 64.7 Å². The molecule has 0 bridgehead atoms. The summed E-state index contributed by atoms with van der Waals surface area (Å²) < 4.78 is 0. The van der Waals surface area contributed by atoms with Gasteiger partial charge in [-0.05, 0) is 43.0 Å². The summed E-state index contributed by atoms with van der Waals surface area (Å²) in [4.78, 5) is 39.5. The third-order valence-corrected chi connectivity index (χ3v) is 8.71. The summed E-state index contributed by atoms with van der Waals surface area (Å²) in [6.45, 7) is 5.89. The van der Waals surface area contributed by atoms with Crippen molar-refractivity contribution in [2.45, 2.75) is 38.1 Å². The van der Waals surface area contributed by atoms with Gasteiger partial charge in [0, 0.05) is 44.1 Å². The number of rotatable bonds is 8. The molecule has 0 atom stereocenters. The molecule has 0 unspecified atom stereocenters. The quantitative estimate of drug-likeness (QED) is 0.498. The first-order valence-electron chi connectivity index (χ1n) is 11.9. The molecule has 1 aliphatic heterocycles. The summed E-state index contributed by atoms with van der Waals surface area (Å²) in [5.41, 5.74) is 3.56. The number of H-pyrrole nitrogens is 1. The summed E-state index contributed by atoms with van der Waals surface area (Å²) in [7, 11) is 2.17. The number of benzene rings is 1. The third kappa shape index (κ3) is 5.54. The van der Waals surface area contributed by atoms with Crippen LogP contribution < -0.4 is 10.9 Å². The number of hydrogen-bond acceptors (Lipinski definition) is 7. The standard InChI is InChI=1S/C25H31N5O2S2/c1-29-8-10-30(11-9-29)14-18-5-2-4-17(12-18)13-26-22(31)16-33-15-21-27-24(32)23-19-6-3-7-20(19)34-25(23)28-21/h2,4-5,12H,3,6-11,13-16H2,1H3,(H,26,31)(H,27,28,32). The van der Waals surface area contributed by atoms with Crippen molar-refractivity contribution in [2.75, 3.05) is 39.0 Å². The second kappa shape index (κ2) is 10.6. The number of aromatic amines is 1. The first-order valence-corrected chi connectivity index (χ1v) is 13.9. The summed E-state index contributed by atoms with van der Waals surface area (Å²) >= 11 is 3.12. The number of thiophene rings is 1. The van der Waals surface area contributed by atoms with E-state index < -0.39 is 0 Å². The fourth-order valence-electron chi connectivity index (χ4n) is 4.71. The van der Waals surface area contributed by atoms with Crippen molar-refractivity contribution in [2.24, 2.45) is 0 Å². The van der Waals surface area contributed by atoms with E-state index in [1.807, 2.05) is 0 Å². The largest absolute Gasteiger partial charge is 0.351 e. The summed E-state index contributed by atoms with van der Waals surface area (Å²) in [6.07, 6.45) is 3.16. The van der Waals surface area contributed by atoms with Crippen molar-refractivity contribution in [1.82, 2.24) is 25.1 Å². The number of amides is 1. The Labute approximate surface area is 207 Å². The van der Waals surface area contributed by atoms with Gasteiger partial charge >= 0.3 is 0 Å². The minimum Gasteiger partial charge on any atom is -0.351 e. The number of fused-ring (bicyclic) bond motifs is 3. The van der Waals surface area contributed by atoms with Crippen molar-refractivity contribution < 1.29 is 4.79 Å². The Balaban J connectivity index is 1.09. The van der Waals surface area contributed by atoms with E-state index in [0.717, 1.165) is 67.8 Å². The van der Waals surface area contributed by atoms with Gasteiger partial charge in [-0.25, -0.2) is 4.98 Å². The molecule has 1 aliphatic carbocycles. The van der Waals surface area contributed by atoms with E-state index in [2.05, 4.69) is 56.4 Å². The van der Waals surface area contributed by atoms with Crippen LogP contribution >= 0.6 is 23.1 Å². The number of nitrogens with one attached hydrogen (secondary N) is 2. The van der Waals surface area contributed by atoms with Crippen molar-refractivity contribution in [1.29, 1.82) is 0 Å². The van der Waals surface area contributed by atoms with E-state index in [-0.39, 0.29) is 11.5 Å². The number of nitrogens with zero attached hydrogens (tertiary/aromatic N) is 3. The monoisotopic (exact) mass is 497 g/mol. The molecule has 9 heteroatoms. The van der Waals surface area contributed by atoms with Crippen molar-refractivity contribution in [3.63, 3.8) is 0 Å². The molecule has 3 heterocycles. The Morgan fingerprint density at radius 3 is 2.88 bits per heavy atom. The van der Waals surface area contributed by atoms with Crippen LogP contribution in [0.1, 0.15) is 33.8 Å². The van der Waals surface area contributed by atoms with Crippen molar-refractivity contribution >= 4 is 39.2 Å². The molecule has 0 saturated carbocycles. The highest BCUT2D eigenvalue weighted by atomic mass is 32.2. The predicted octanol–water partition coefficient (Wildman–Crippen LogP) is 2.77. The minimum atomic E-state index is -0.0408. The second-order valence-electron chi connectivity index (χ2n) is 9.22. The highest BCUT2D eigenvalue weighted by Crippen LogP contribution is 2.34. The normalized spacial score (nSPS) is 16.7. The van der Waals surface area contributed by atoms with Gasteiger partial charge in [-0.2, -0.15) is 0 Å². The molecule has 2 aromatic heterocycles. The molecule has 1 amide bonds. The summed E-state index contributed by atoms with van der Waals surface area (Å²) in [5.74, 6) is 1.49. The Morgan fingerprint density at radius 2 is 2.03 bits per heavy atom. The second-order valence-corrected chi connectivity index (χ2v) is 11.3. The van der Waals surface area contributed by atoms with Crippen molar-refractivity contribution in [3.05, 3.63) is 62.0 Å². The number of carbonyl (C=O) groups is 1. The van der Waals surface area contributed by atoms with Crippen LogP contribution in [0.3, 0.4) is 0 Å². The van der Waals surface area contributed by atoms with Gasteiger partial charge in [0.2, 0.25) is 5.91 Å². The van der Waals surface area contributed by atoms with E-state index in [4.69, 9.17) is 0 Å². The average molecular weight is 498 g/mol. The van der Waals surface area contributed by atoms with Gasteiger partial charge in [0.1, 0.15) is 10.7 Å². The lowest BCUT2D eigenvalue weighted by molar-refractivity contribution is -0.118. The first kappa shape index (κ1) is 23.5. The number of hydrogen-bond donors (Lipinski definition) is 2. The minimum absolute atomic E-state index is 0.00649. The van der Waals surface area contributed by atoms with Crippen LogP contribution in [0, 0.1) is 0 Å². The molecule has 0 radical (unpaired) electrons. The lowest BCUT2D eigenvalue weighted by Crippen LogP contribution is -2.43. The van der Waals surface area contributed by atoms with Gasteiger partial charge in [0.05, 0.1) is 16.9 Å². The number of carbonyl (C=O) groups excluding carboxylic acids is 1. The zero-order valence-corrected chi connectivity index (χ0v) is 21.2. The summed E-state index contributed by atoms with van der Waals surface area (Å²) in [5, 5.41) is 3.80. The van der Waals surface area contributed by atoms with Crippen molar-refractivity contribution in [3.8, 4) is 0 Å². The molecule has 1 saturated heterocycles. The number of aryl methyl sites for hydroxylation is 2. The molecule has 1 fully saturated rings. The van der Waals surface area contributed by atoms with E-state index in [0.29, 0.717) is 23.9 Å². The fraction of sp³-hybridized carbons (Fsp3) is 0.480. The Hall–Kier alpha value is -2.20. The predicted molar refractivity (Wildman–Crippen MR) is 139 cm³/mol. The van der Waals surface area contributed by atoms with Gasteiger partial charge in [-0.1, -0.05) is 24.3 Å². The van der Waals surface area contributed by atoms with Crippen LogP contribution in [-0.2, 0) is 36.5 Å². The van der Waals surface area contributed by atoms with Crippen LogP contribution in [0.2, 0.25) is 0 Å². The first-order chi connectivity index (χ1) is 16.5. The maximum atomic E-state index is 12.6. The van der Waals surface area contributed by atoms with E-state index in [9.17, 15) is 9.59 Å². The maximum Gasteiger partial charge on any atom is 0.259 e. The molecule has 5 rings (SSSR count). The smallest absolute Gasteiger partial charge is 0.259 e. The lowest BCUT2D eigenvalue weighted by Gasteiger charge is -2.32. The lowest BCUT2D eigenvalue weighted by atomic mass is 10.1. The molecule has 2 N–H and O–H groups in total. The highest BCUT2D eigenvalue weighted by molar-refractivity contribution is 7.99. The molecule has 7 nitrogen and oxygen atoms in total. The molecular weight excluding hydrogens is 466 g/mol. The topological polar surface area (TPSA) is 81.3 Å². The van der Waals surface area contributed by atoms with Gasteiger partial charge in [0.15, 0.2) is 0 Å². The van der Waals surface area contributed by atoms with Gasteiger partial charge in [0.25, 0.3) is 5.56 Å². The van der Waals surface area contributed by atoms with Gasteiger partial charge in [-0.3, -0.25) is 14.5 Å². The van der Waals surface area contributed by atoms with Crippen LogP contribution in [0.4, 0.5) is 0 Å². The van der Waals surface area contributed by atoms with Crippen LogP contribution in [0.5, 0.6) is 0 Å². The van der Waals surface area contributed by atoms with Crippen LogP contribution in [0.15, 0.2) is 29.1 Å². The van der Waals surface area contributed by atoms with Gasteiger partial charge < -0.3 is 15.2 Å². The van der Waals surface area contributed by atoms with E-state index in [1.165, 1.54) is 27.8 Å². The zero-order valence-electron chi connectivity index (χ0n) is 19.6. The number of aromatic nitrogens is 2. The van der Waals surface area contributed by atoms with Crippen LogP contribution in [0.25, 0.3) is 10.2 Å². The number of piperazine rings is 1.